The molecule has 1 saturated carbocycles. The van der Waals surface area contributed by atoms with E-state index in [1.807, 2.05) is 6.92 Å². The van der Waals surface area contributed by atoms with Crippen molar-refractivity contribution in [2.45, 2.75) is 45.4 Å². The molecule has 2 fully saturated rings. The van der Waals surface area contributed by atoms with E-state index < -0.39 is 10.0 Å². The van der Waals surface area contributed by atoms with Gasteiger partial charge in [0.25, 0.3) is 0 Å². The Morgan fingerprint density at radius 3 is 2.56 bits per heavy atom. The average Bonchev–Trinajstić information content (AvgIpc) is 3.25. The van der Waals surface area contributed by atoms with Crippen LogP contribution < -0.4 is 10.6 Å². The van der Waals surface area contributed by atoms with E-state index in [0.717, 1.165) is 45.1 Å². The molecule has 27 heavy (non-hydrogen) atoms. The molecule has 160 valence electrons. The van der Waals surface area contributed by atoms with Crippen LogP contribution in [0.4, 0.5) is 0 Å². The van der Waals surface area contributed by atoms with Gasteiger partial charge in [0.05, 0.1) is 6.26 Å². The fraction of sp³-hybridized carbons (Fsp3) is 0.944. The molecule has 0 bridgehead atoms. The molecule has 0 amide bonds. The first-order valence-electron chi connectivity index (χ1n) is 9.86. The fourth-order valence-corrected chi connectivity index (χ4v) is 4.99. The van der Waals surface area contributed by atoms with Crippen LogP contribution >= 0.6 is 24.0 Å². The Bertz CT molecular complexity index is 565. The molecule has 0 spiro atoms. The van der Waals surface area contributed by atoms with Crippen LogP contribution in [0.1, 0.15) is 45.4 Å². The molecule has 1 aliphatic heterocycles. The Labute approximate surface area is 182 Å². The van der Waals surface area contributed by atoms with Crippen LogP contribution in [0.2, 0.25) is 0 Å². The quantitative estimate of drug-likeness (QED) is 0.212. The molecular formula is C18H37IN4O3S. The van der Waals surface area contributed by atoms with E-state index in [4.69, 9.17) is 4.74 Å². The number of aliphatic imine (C=N–C) groups is 1. The zero-order valence-electron chi connectivity index (χ0n) is 17.0. The van der Waals surface area contributed by atoms with Crippen LogP contribution in [-0.4, -0.2) is 71.4 Å². The third-order valence-electron chi connectivity index (χ3n) is 5.78. The Balaban J connectivity index is 0.00000364. The van der Waals surface area contributed by atoms with Gasteiger partial charge in [-0.1, -0.05) is 12.8 Å². The number of nitrogens with zero attached hydrogens (tertiary/aromatic N) is 2. The topological polar surface area (TPSA) is 83.0 Å². The van der Waals surface area contributed by atoms with Crippen LogP contribution in [0.25, 0.3) is 0 Å². The summed E-state index contributed by atoms with van der Waals surface area (Å²) in [6.45, 7) is 6.53. The van der Waals surface area contributed by atoms with Crippen molar-refractivity contribution in [1.29, 1.82) is 0 Å². The number of ether oxygens (including phenoxy) is 1. The minimum atomic E-state index is -3.07. The first-order valence-corrected chi connectivity index (χ1v) is 11.7. The zero-order valence-corrected chi connectivity index (χ0v) is 20.1. The first kappa shape index (κ1) is 24.9. The third-order valence-corrected chi connectivity index (χ3v) is 7.04. The predicted molar refractivity (Wildman–Crippen MR) is 121 cm³/mol. The van der Waals surface area contributed by atoms with Gasteiger partial charge in [-0.2, -0.15) is 0 Å². The number of sulfonamides is 1. The summed E-state index contributed by atoms with van der Waals surface area (Å²) in [4.78, 5) is 4.34. The molecule has 1 heterocycles. The minimum absolute atomic E-state index is 0. The summed E-state index contributed by atoms with van der Waals surface area (Å²) >= 11 is 0. The SMILES string of the molecule is CCOCCC1(CNC(=NC)NCC2CCN(S(C)(=O)=O)C2)CCCC1.I. The van der Waals surface area contributed by atoms with E-state index in [-0.39, 0.29) is 24.0 Å². The number of hydrogen-bond donors (Lipinski definition) is 2. The Morgan fingerprint density at radius 2 is 2.00 bits per heavy atom. The average molecular weight is 516 g/mol. The van der Waals surface area contributed by atoms with Gasteiger partial charge in [0.15, 0.2) is 5.96 Å². The van der Waals surface area contributed by atoms with Gasteiger partial charge in [0.1, 0.15) is 0 Å². The van der Waals surface area contributed by atoms with Crippen LogP contribution in [0.3, 0.4) is 0 Å². The highest BCUT2D eigenvalue weighted by molar-refractivity contribution is 14.0. The van der Waals surface area contributed by atoms with E-state index in [0.29, 0.717) is 24.4 Å². The Morgan fingerprint density at radius 1 is 1.30 bits per heavy atom. The van der Waals surface area contributed by atoms with Gasteiger partial charge in [-0.05, 0) is 43.9 Å². The van der Waals surface area contributed by atoms with Gasteiger partial charge < -0.3 is 15.4 Å². The summed E-state index contributed by atoms with van der Waals surface area (Å²) in [5.74, 6) is 1.15. The van der Waals surface area contributed by atoms with E-state index >= 15 is 0 Å². The maximum absolute atomic E-state index is 11.6. The number of hydrogen-bond acceptors (Lipinski definition) is 4. The standard InChI is InChI=1S/C18H36N4O3S.HI/c1-4-25-12-10-18(8-5-6-9-18)15-21-17(19-2)20-13-16-7-11-22(14-16)26(3,23)24;/h16H,4-15H2,1-3H3,(H2,19,20,21);1H. The molecule has 1 saturated heterocycles. The number of guanidine groups is 1. The van der Waals surface area contributed by atoms with Gasteiger partial charge in [-0.15, -0.1) is 24.0 Å². The molecule has 9 heteroatoms. The lowest BCUT2D eigenvalue weighted by atomic mass is 9.83. The molecule has 2 N–H and O–H groups in total. The van der Waals surface area contributed by atoms with Crippen molar-refractivity contribution < 1.29 is 13.2 Å². The van der Waals surface area contributed by atoms with E-state index in [1.54, 1.807) is 11.4 Å². The van der Waals surface area contributed by atoms with Crippen molar-refractivity contribution in [3.63, 3.8) is 0 Å². The molecule has 2 rings (SSSR count). The van der Waals surface area contributed by atoms with Gasteiger partial charge in [-0.3, -0.25) is 4.99 Å². The molecule has 1 atom stereocenters. The lowest BCUT2D eigenvalue weighted by Gasteiger charge is -2.30. The summed E-state index contributed by atoms with van der Waals surface area (Å²) in [7, 11) is -1.29. The van der Waals surface area contributed by atoms with Crippen molar-refractivity contribution in [3.8, 4) is 0 Å². The predicted octanol–water partition coefficient (Wildman–Crippen LogP) is 2.04. The van der Waals surface area contributed by atoms with Gasteiger partial charge in [0.2, 0.25) is 10.0 Å². The monoisotopic (exact) mass is 516 g/mol. The van der Waals surface area contributed by atoms with Crippen LogP contribution in [0, 0.1) is 11.3 Å². The highest BCUT2D eigenvalue weighted by Gasteiger charge is 2.34. The summed E-state index contributed by atoms with van der Waals surface area (Å²) in [6.07, 6.45) is 8.36. The van der Waals surface area contributed by atoms with Crippen molar-refractivity contribution >= 4 is 40.0 Å². The highest BCUT2D eigenvalue weighted by Crippen LogP contribution is 2.40. The van der Waals surface area contributed by atoms with Crippen LogP contribution in [-0.2, 0) is 14.8 Å². The molecule has 0 aromatic heterocycles. The maximum atomic E-state index is 11.6. The van der Waals surface area contributed by atoms with Crippen molar-refractivity contribution in [2.24, 2.45) is 16.3 Å². The molecule has 0 aromatic carbocycles. The van der Waals surface area contributed by atoms with E-state index in [9.17, 15) is 8.42 Å². The summed E-state index contributed by atoms with van der Waals surface area (Å²) < 4.78 is 30.4. The van der Waals surface area contributed by atoms with Crippen LogP contribution in [0.5, 0.6) is 0 Å². The second-order valence-electron chi connectivity index (χ2n) is 7.74. The molecule has 0 aromatic rings. The molecule has 1 unspecified atom stereocenters. The van der Waals surface area contributed by atoms with Crippen molar-refractivity contribution in [1.82, 2.24) is 14.9 Å². The third kappa shape index (κ3) is 8.02. The summed E-state index contributed by atoms with van der Waals surface area (Å²) in [5, 5.41) is 6.87. The molecule has 0 radical (unpaired) electrons. The maximum Gasteiger partial charge on any atom is 0.211 e. The number of rotatable bonds is 9. The second-order valence-corrected chi connectivity index (χ2v) is 9.72. The first-order chi connectivity index (χ1) is 12.4. The Hall–Kier alpha value is -0.130. The van der Waals surface area contributed by atoms with E-state index in [2.05, 4.69) is 15.6 Å². The number of nitrogens with one attached hydrogen (secondary N) is 2. The Kier molecular flexibility index (Phi) is 10.9. The highest BCUT2D eigenvalue weighted by atomic mass is 127. The van der Waals surface area contributed by atoms with E-state index in [1.165, 1.54) is 31.9 Å². The van der Waals surface area contributed by atoms with Crippen LogP contribution in [0.15, 0.2) is 4.99 Å². The molecule has 2 aliphatic rings. The fourth-order valence-electron chi connectivity index (χ4n) is 4.07. The smallest absolute Gasteiger partial charge is 0.211 e. The minimum Gasteiger partial charge on any atom is -0.382 e. The van der Waals surface area contributed by atoms with Gasteiger partial charge >= 0.3 is 0 Å². The normalized spacial score (nSPS) is 23.2. The molecule has 1 aliphatic carbocycles. The van der Waals surface area contributed by atoms with Gasteiger partial charge in [-0.25, -0.2) is 12.7 Å². The largest absolute Gasteiger partial charge is 0.382 e. The molecule has 7 nitrogen and oxygen atoms in total. The van der Waals surface area contributed by atoms with Gasteiger partial charge in [0, 0.05) is 46.4 Å². The van der Waals surface area contributed by atoms with Crippen molar-refractivity contribution in [2.75, 3.05) is 52.7 Å². The lowest BCUT2D eigenvalue weighted by molar-refractivity contribution is 0.105. The lowest BCUT2D eigenvalue weighted by Crippen LogP contribution is -2.45. The number of halogens is 1. The zero-order chi connectivity index (χ0) is 19.0. The van der Waals surface area contributed by atoms with Crippen molar-refractivity contribution in [3.05, 3.63) is 0 Å². The second kappa shape index (κ2) is 11.8. The molecular weight excluding hydrogens is 479 g/mol. The summed E-state index contributed by atoms with van der Waals surface area (Å²) in [6, 6.07) is 0. The summed E-state index contributed by atoms with van der Waals surface area (Å²) in [5.41, 5.74) is 0.313.